The number of ether oxygens (including phenoxy) is 1. The van der Waals surface area contributed by atoms with Gasteiger partial charge in [0.1, 0.15) is 0 Å². The van der Waals surface area contributed by atoms with Crippen LogP contribution < -0.4 is 10.6 Å². The summed E-state index contributed by atoms with van der Waals surface area (Å²) in [4.78, 5) is 16.1. The standard InChI is InChI=1S/C16H33N3O3.HI/c1-6-16(7-2,9-10-20)12-19-15(17-8-3)18-11-13(4)14(21)22-5;/h13,20H,6-12H2,1-5H3,(H2,17,18,19);1H. The molecule has 0 aliphatic carbocycles. The lowest BCUT2D eigenvalue weighted by atomic mass is 9.79. The Labute approximate surface area is 157 Å². The summed E-state index contributed by atoms with van der Waals surface area (Å²) < 4.78 is 4.72. The van der Waals surface area contributed by atoms with Crippen molar-refractivity contribution in [1.29, 1.82) is 0 Å². The Morgan fingerprint density at radius 2 is 1.87 bits per heavy atom. The molecule has 0 radical (unpaired) electrons. The lowest BCUT2D eigenvalue weighted by Gasteiger charge is -2.29. The van der Waals surface area contributed by atoms with Crippen molar-refractivity contribution in [3.63, 3.8) is 0 Å². The van der Waals surface area contributed by atoms with Crippen molar-refractivity contribution < 1.29 is 14.6 Å². The van der Waals surface area contributed by atoms with E-state index in [1.54, 1.807) is 0 Å². The fourth-order valence-electron chi connectivity index (χ4n) is 2.27. The molecule has 0 aliphatic rings. The zero-order valence-corrected chi connectivity index (χ0v) is 17.5. The van der Waals surface area contributed by atoms with Crippen LogP contribution >= 0.6 is 24.0 Å². The summed E-state index contributed by atoms with van der Waals surface area (Å²) in [5.74, 6) is 0.232. The van der Waals surface area contributed by atoms with E-state index in [0.717, 1.165) is 25.8 Å². The number of guanidine groups is 1. The summed E-state index contributed by atoms with van der Waals surface area (Å²) in [6, 6.07) is 0. The van der Waals surface area contributed by atoms with Crippen LogP contribution in [0.4, 0.5) is 0 Å². The van der Waals surface area contributed by atoms with Crippen molar-refractivity contribution in [2.24, 2.45) is 16.3 Å². The number of rotatable bonds is 10. The molecule has 7 heteroatoms. The number of hydrogen-bond acceptors (Lipinski definition) is 4. The van der Waals surface area contributed by atoms with E-state index in [9.17, 15) is 9.90 Å². The highest BCUT2D eigenvalue weighted by atomic mass is 127. The molecule has 6 nitrogen and oxygen atoms in total. The van der Waals surface area contributed by atoms with Crippen LogP contribution in [-0.2, 0) is 9.53 Å². The van der Waals surface area contributed by atoms with Crippen LogP contribution in [-0.4, -0.2) is 50.4 Å². The summed E-state index contributed by atoms with van der Waals surface area (Å²) in [6.45, 7) is 10.2. The summed E-state index contributed by atoms with van der Waals surface area (Å²) in [6.07, 6.45) is 2.71. The zero-order valence-electron chi connectivity index (χ0n) is 15.1. The van der Waals surface area contributed by atoms with E-state index >= 15 is 0 Å². The van der Waals surface area contributed by atoms with Gasteiger partial charge in [-0.25, -0.2) is 0 Å². The van der Waals surface area contributed by atoms with Gasteiger partial charge in [-0.1, -0.05) is 20.8 Å². The lowest BCUT2D eigenvalue weighted by molar-refractivity contribution is -0.144. The molecule has 0 saturated carbocycles. The third-order valence-corrected chi connectivity index (χ3v) is 4.24. The molecule has 0 rings (SSSR count). The number of methoxy groups -OCH3 is 1. The molecule has 1 unspecified atom stereocenters. The Morgan fingerprint density at radius 3 is 2.30 bits per heavy atom. The molecular weight excluding hydrogens is 409 g/mol. The summed E-state index contributed by atoms with van der Waals surface area (Å²) in [5.41, 5.74) is 0.0328. The molecule has 0 aromatic heterocycles. The van der Waals surface area contributed by atoms with E-state index < -0.39 is 0 Å². The van der Waals surface area contributed by atoms with Gasteiger partial charge in [0.25, 0.3) is 0 Å². The first-order valence-corrected chi connectivity index (χ1v) is 8.19. The Balaban J connectivity index is 0. The van der Waals surface area contributed by atoms with Crippen LogP contribution in [0.5, 0.6) is 0 Å². The molecule has 0 aromatic rings. The minimum Gasteiger partial charge on any atom is -0.469 e. The third kappa shape index (κ3) is 9.34. The summed E-state index contributed by atoms with van der Waals surface area (Å²) >= 11 is 0. The van der Waals surface area contributed by atoms with Gasteiger partial charge in [-0.15, -0.1) is 24.0 Å². The predicted molar refractivity (Wildman–Crippen MR) is 105 cm³/mol. The van der Waals surface area contributed by atoms with E-state index in [1.807, 2.05) is 13.8 Å². The fourth-order valence-corrected chi connectivity index (χ4v) is 2.27. The Hall–Kier alpha value is -0.570. The number of aliphatic hydroxyl groups is 1. The quantitative estimate of drug-likeness (QED) is 0.209. The van der Waals surface area contributed by atoms with Crippen LogP contribution in [0.25, 0.3) is 0 Å². The molecule has 0 fully saturated rings. The van der Waals surface area contributed by atoms with Crippen LogP contribution in [0, 0.1) is 11.3 Å². The minimum atomic E-state index is -0.236. The Kier molecular flexibility index (Phi) is 14.8. The van der Waals surface area contributed by atoms with Crippen LogP contribution in [0.15, 0.2) is 4.99 Å². The van der Waals surface area contributed by atoms with Gasteiger partial charge in [-0.2, -0.15) is 0 Å². The molecular formula is C16H34IN3O3. The highest BCUT2D eigenvalue weighted by Crippen LogP contribution is 2.30. The van der Waals surface area contributed by atoms with Gasteiger partial charge in [0, 0.05) is 26.2 Å². The number of esters is 1. The zero-order chi connectivity index (χ0) is 17.0. The molecule has 138 valence electrons. The van der Waals surface area contributed by atoms with Gasteiger partial charge in [0.05, 0.1) is 13.0 Å². The number of carbonyl (C=O) groups excluding carboxylic acids is 1. The number of carbonyl (C=O) groups is 1. The van der Waals surface area contributed by atoms with Crippen molar-refractivity contribution in [3.05, 3.63) is 0 Å². The second-order valence-corrected chi connectivity index (χ2v) is 5.68. The highest BCUT2D eigenvalue weighted by Gasteiger charge is 2.25. The molecule has 3 N–H and O–H groups in total. The van der Waals surface area contributed by atoms with E-state index in [4.69, 9.17) is 4.74 Å². The number of halogens is 1. The maximum absolute atomic E-state index is 11.4. The lowest BCUT2D eigenvalue weighted by Crippen LogP contribution is -2.41. The first-order chi connectivity index (χ1) is 10.5. The van der Waals surface area contributed by atoms with Gasteiger partial charge >= 0.3 is 5.97 Å². The summed E-state index contributed by atoms with van der Waals surface area (Å²) in [7, 11) is 1.39. The van der Waals surface area contributed by atoms with Crippen LogP contribution in [0.1, 0.15) is 47.0 Å². The van der Waals surface area contributed by atoms with E-state index in [1.165, 1.54) is 7.11 Å². The van der Waals surface area contributed by atoms with E-state index in [-0.39, 0.29) is 47.9 Å². The maximum Gasteiger partial charge on any atom is 0.310 e. The number of nitrogens with zero attached hydrogens (tertiary/aromatic N) is 1. The van der Waals surface area contributed by atoms with Gasteiger partial charge in [-0.05, 0) is 31.6 Å². The third-order valence-electron chi connectivity index (χ3n) is 4.24. The molecule has 0 heterocycles. The van der Waals surface area contributed by atoms with Crippen molar-refractivity contribution in [1.82, 2.24) is 10.6 Å². The fraction of sp³-hybridized carbons (Fsp3) is 0.875. The van der Waals surface area contributed by atoms with Crippen molar-refractivity contribution >= 4 is 35.9 Å². The van der Waals surface area contributed by atoms with E-state index in [2.05, 4.69) is 29.5 Å². The molecule has 0 aliphatic heterocycles. The first kappa shape index (κ1) is 24.7. The second-order valence-electron chi connectivity index (χ2n) is 5.68. The van der Waals surface area contributed by atoms with Crippen LogP contribution in [0.2, 0.25) is 0 Å². The van der Waals surface area contributed by atoms with Crippen molar-refractivity contribution in [2.45, 2.75) is 47.0 Å². The van der Waals surface area contributed by atoms with Gasteiger partial charge in [0.15, 0.2) is 5.96 Å². The molecule has 0 saturated heterocycles. The average molecular weight is 443 g/mol. The van der Waals surface area contributed by atoms with Crippen molar-refractivity contribution in [3.8, 4) is 0 Å². The molecule has 0 aromatic carbocycles. The molecule has 23 heavy (non-hydrogen) atoms. The normalized spacial score (nSPS) is 13.0. The number of aliphatic imine (C=N–C) groups is 1. The maximum atomic E-state index is 11.4. The second kappa shape index (κ2) is 13.8. The Bertz CT molecular complexity index is 347. The average Bonchev–Trinajstić information content (AvgIpc) is 2.55. The molecule has 0 amide bonds. The van der Waals surface area contributed by atoms with Crippen LogP contribution in [0.3, 0.4) is 0 Å². The SMILES string of the molecule is CCNC(=NCC(CC)(CC)CCO)NCC(C)C(=O)OC.I. The largest absolute Gasteiger partial charge is 0.469 e. The number of nitrogens with one attached hydrogen (secondary N) is 2. The topological polar surface area (TPSA) is 83.0 Å². The van der Waals surface area contributed by atoms with Gasteiger partial charge in [-0.3, -0.25) is 9.79 Å². The Morgan fingerprint density at radius 1 is 1.26 bits per heavy atom. The number of aliphatic hydroxyl groups excluding tert-OH is 1. The minimum absolute atomic E-state index is 0. The molecule has 1 atom stereocenters. The first-order valence-electron chi connectivity index (χ1n) is 8.19. The smallest absolute Gasteiger partial charge is 0.310 e. The highest BCUT2D eigenvalue weighted by molar-refractivity contribution is 14.0. The van der Waals surface area contributed by atoms with E-state index in [0.29, 0.717) is 19.0 Å². The summed E-state index contributed by atoms with van der Waals surface area (Å²) in [5, 5.41) is 15.6. The number of hydrogen-bond donors (Lipinski definition) is 3. The predicted octanol–water partition coefficient (Wildman–Crippen LogP) is 2.16. The monoisotopic (exact) mass is 443 g/mol. The van der Waals surface area contributed by atoms with Gasteiger partial charge in [0.2, 0.25) is 0 Å². The van der Waals surface area contributed by atoms with Crippen molar-refractivity contribution in [2.75, 3.05) is 33.4 Å². The molecule has 0 bridgehead atoms. The van der Waals surface area contributed by atoms with Gasteiger partial charge < -0.3 is 20.5 Å². The molecule has 0 spiro atoms.